The van der Waals surface area contributed by atoms with Crippen molar-refractivity contribution in [2.24, 2.45) is 23.7 Å². The maximum atomic E-state index is 2.56. The van der Waals surface area contributed by atoms with E-state index in [2.05, 4.69) is 24.3 Å². The van der Waals surface area contributed by atoms with Crippen molar-refractivity contribution < 1.29 is 0 Å². The molecule has 3 unspecified atom stereocenters. The molecule has 0 amide bonds. The molecule has 4 aliphatic rings. The van der Waals surface area contributed by atoms with E-state index in [0.29, 0.717) is 0 Å². The van der Waals surface area contributed by atoms with Gasteiger partial charge in [-0.25, -0.2) is 0 Å². The first-order chi connectivity index (χ1) is 12.9. The van der Waals surface area contributed by atoms with Gasteiger partial charge in [-0.1, -0.05) is 108 Å². The smallest absolute Gasteiger partial charge is 0.00555 e. The summed E-state index contributed by atoms with van der Waals surface area (Å²) in [7, 11) is 0. The molecule has 0 N–H and O–H groups in total. The Morgan fingerprint density at radius 3 is 1.88 bits per heavy atom. The first-order valence-electron chi connectivity index (χ1n) is 12.0. The van der Waals surface area contributed by atoms with Gasteiger partial charge in [0, 0.05) is 5.92 Å². The van der Waals surface area contributed by atoms with E-state index in [4.69, 9.17) is 0 Å². The normalized spacial score (nSPS) is 34.1. The Hall–Kier alpha value is -0.780. The molecule has 0 heterocycles. The van der Waals surface area contributed by atoms with Crippen LogP contribution in [0.3, 0.4) is 0 Å². The predicted octanol–water partition coefficient (Wildman–Crippen LogP) is 8.16. The SMILES string of the molecule is C1=CC2=CC1=CC2C1CCC(CC2CCCCCCCCCCCC2)C1. The molecule has 3 atom stereocenters. The second kappa shape index (κ2) is 9.43. The van der Waals surface area contributed by atoms with Gasteiger partial charge in [-0.3, -0.25) is 0 Å². The Bertz CT molecular complexity index is 520. The molecule has 0 nitrogen and oxygen atoms in total. The van der Waals surface area contributed by atoms with Gasteiger partial charge in [0.1, 0.15) is 0 Å². The van der Waals surface area contributed by atoms with E-state index in [9.17, 15) is 0 Å². The minimum absolute atomic E-state index is 0.778. The van der Waals surface area contributed by atoms with E-state index < -0.39 is 0 Å². The number of rotatable bonds is 3. The summed E-state index contributed by atoms with van der Waals surface area (Å²) >= 11 is 0. The van der Waals surface area contributed by atoms with Gasteiger partial charge in [0.2, 0.25) is 0 Å². The van der Waals surface area contributed by atoms with Gasteiger partial charge < -0.3 is 0 Å². The summed E-state index contributed by atoms with van der Waals surface area (Å²) in [6, 6.07) is 0. The number of hydrogen-bond donors (Lipinski definition) is 0. The Morgan fingerprint density at radius 1 is 0.654 bits per heavy atom. The van der Waals surface area contributed by atoms with Crippen molar-refractivity contribution in [3.05, 3.63) is 35.5 Å². The van der Waals surface area contributed by atoms with Gasteiger partial charge in [0.25, 0.3) is 0 Å². The fraction of sp³-hybridized carbons (Fsp3) is 0.769. The van der Waals surface area contributed by atoms with Crippen molar-refractivity contribution in [2.75, 3.05) is 0 Å². The molecule has 0 heteroatoms. The highest BCUT2D eigenvalue weighted by Gasteiger charge is 2.34. The van der Waals surface area contributed by atoms with Gasteiger partial charge in [-0.2, -0.15) is 0 Å². The Morgan fingerprint density at radius 2 is 1.31 bits per heavy atom. The van der Waals surface area contributed by atoms with E-state index >= 15 is 0 Å². The second-order valence-corrected chi connectivity index (χ2v) is 9.82. The van der Waals surface area contributed by atoms with Crippen LogP contribution in [0.4, 0.5) is 0 Å². The topological polar surface area (TPSA) is 0 Å². The van der Waals surface area contributed by atoms with Crippen LogP contribution in [0, 0.1) is 23.7 Å². The standard InChI is InChI=1S/C26H40/c1-2-4-6-8-10-12-21(11-9-7-5-3-1)17-22-13-15-24(18-22)26-20-23-14-16-25(26)19-23/h14,16,19-22,24,26H,1-13,15,17-18H2. The summed E-state index contributed by atoms with van der Waals surface area (Å²) in [5.41, 5.74) is 3.11. The molecule has 26 heavy (non-hydrogen) atoms. The summed E-state index contributed by atoms with van der Waals surface area (Å²) in [6.45, 7) is 0. The quantitative estimate of drug-likeness (QED) is 0.480. The molecule has 0 aromatic rings. The lowest BCUT2D eigenvalue weighted by Crippen LogP contribution is -2.12. The maximum Gasteiger partial charge on any atom is 0.00555 e. The van der Waals surface area contributed by atoms with Crippen LogP contribution in [0.5, 0.6) is 0 Å². The second-order valence-electron chi connectivity index (χ2n) is 9.82. The van der Waals surface area contributed by atoms with Crippen LogP contribution in [0.1, 0.15) is 103 Å². The van der Waals surface area contributed by atoms with Gasteiger partial charge in [0.15, 0.2) is 0 Å². The van der Waals surface area contributed by atoms with Crippen molar-refractivity contribution in [1.29, 1.82) is 0 Å². The summed E-state index contributed by atoms with van der Waals surface area (Å²) in [5, 5.41) is 0. The molecular weight excluding hydrogens is 312 g/mol. The Labute approximate surface area is 162 Å². The van der Waals surface area contributed by atoms with E-state index in [0.717, 1.165) is 23.7 Å². The first kappa shape index (κ1) is 18.6. The van der Waals surface area contributed by atoms with E-state index in [-0.39, 0.29) is 0 Å². The highest BCUT2D eigenvalue weighted by Crippen LogP contribution is 2.46. The third-order valence-electron chi connectivity index (χ3n) is 7.79. The summed E-state index contributed by atoms with van der Waals surface area (Å²) in [5.74, 6) is 3.79. The monoisotopic (exact) mass is 352 g/mol. The Balaban J connectivity index is 1.24. The van der Waals surface area contributed by atoms with Crippen molar-refractivity contribution in [3.63, 3.8) is 0 Å². The number of allylic oxidation sites excluding steroid dienone is 6. The van der Waals surface area contributed by atoms with Gasteiger partial charge >= 0.3 is 0 Å². The molecule has 4 rings (SSSR count). The number of fused-ring (bicyclic) bond motifs is 1. The van der Waals surface area contributed by atoms with Crippen LogP contribution in [0.15, 0.2) is 35.5 Å². The lowest BCUT2D eigenvalue weighted by molar-refractivity contribution is 0.310. The molecule has 0 aliphatic heterocycles. The van der Waals surface area contributed by atoms with Crippen molar-refractivity contribution in [1.82, 2.24) is 0 Å². The highest BCUT2D eigenvalue weighted by molar-refractivity contribution is 5.54. The van der Waals surface area contributed by atoms with Gasteiger partial charge in [0.05, 0.1) is 0 Å². The van der Waals surface area contributed by atoms with Crippen LogP contribution in [0.2, 0.25) is 0 Å². The molecule has 2 saturated carbocycles. The zero-order valence-electron chi connectivity index (χ0n) is 16.9. The molecule has 0 aromatic heterocycles. The zero-order chi connectivity index (χ0) is 17.6. The average molecular weight is 353 g/mol. The molecule has 2 bridgehead atoms. The summed E-state index contributed by atoms with van der Waals surface area (Å²) in [6.07, 6.45) is 33.8. The first-order valence-corrected chi connectivity index (χ1v) is 12.0. The molecule has 4 aliphatic carbocycles. The van der Waals surface area contributed by atoms with Gasteiger partial charge in [-0.05, 0) is 48.2 Å². The van der Waals surface area contributed by atoms with Gasteiger partial charge in [-0.15, -0.1) is 0 Å². The van der Waals surface area contributed by atoms with Crippen molar-refractivity contribution >= 4 is 0 Å². The summed E-state index contributed by atoms with van der Waals surface area (Å²) in [4.78, 5) is 0. The lowest BCUT2D eigenvalue weighted by atomic mass is 9.82. The van der Waals surface area contributed by atoms with E-state index in [1.807, 2.05) is 0 Å². The fourth-order valence-electron chi connectivity index (χ4n) is 6.29. The lowest BCUT2D eigenvalue weighted by Gasteiger charge is -2.23. The largest absolute Gasteiger partial charge is 0.0694 e. The van der Waals surface area contributed by atoms with Crippen LogP contribution >= 0.6 is 0 Å². The van der Waals surface area contributed by atoms with E-state index in [1.165, 1.54) is 102 Å². The van der Waals surface area contributed by atoms with Crippen LogP contribution in [-0.2, 0) is 0 Å². The maximum absolute atomic E-state index is 2.56. The summed E-state index contributed by atoms with van der Waals surface area (Å²) < 4.78 is 0. The van der Waals surface area contributed by atoms with Crippen LogP contribution in [0.25, 0.3) is 0 Å². The molecular formula is C26H40. The zero-order valence-corrected chi connectivity index (χ0v) is 16.9. The fourth-order valence-corrected chi connectivity index (χ4v) is 6.29. The molecule has 144 valence electrons. The van der Waals surface area contributed by atoms with Crippen molar-refractivity contribution in [3.8, 4) is 0 Å². The molecule has 2 fully saturated rings. The van der Waals surface area contributed by atoms with Crippen LogP contribution < -0.4 is 0 Å². The molecule has 0 spiro atoms. The minimum Gasteiger partial charge on any atom is -0.0694 e. The number of hydrogen-bond acceptors (Lipinski definition) is 0. The van der Waals surface area contributed by atoms with Crippen molar-refractivity contribution in [2.45, 2.75) is 103 Å². The third-order valence-corrected chi connectivity index (χ3v) is 7.79. The third kappa shape index (κ3) is 4.93. The highest BCUT2D eigenvalue weighted by atomic mass is 14.4. The molecule has 0 saturated heterocycles. The average Bonchev–Trinajstić information content (AvgIpc) is 3.38. The van der Waals surface area contributed by atoms with Crippen LogP contribution in [-0.4, -0.2) is 0 Å². The predicted molar refractivity (Wildman–Crippen MR) is 113 cm³/mol. The molecule has 0 aromatic carbocycles. The minimum atomic E-state index is 0.778. The van der Waals surface area contributed by atoms with E-state index in [1.54, 1.807) is 12.0 Å². The Kier molecular flexibility index (Phi) is 6.74. The molecule has 0 radical (unpaired) electrons.